The Hall–Kier alpha value is -2.43. The number of aromatic amines is 1. The van der Waals surface area contributed by atoms with Gasteiger partial charge in [-0.15, -0.1) is 0 Å². The molecule has 112 valence electrons. The molecule has 5 heteroatoms. The monoisotopic (exact) mass is 289 g/mol. The molecular formula is C16H19NO4. The summed E-state index contributed by atoms with van der Waals surface area (Å²) in [5, 5.41) is 9.63. The van der Waals surface area contributed by atoms with Gasteiger partial charge in [0.05, 0.1) is 0 Å². The maximum absolute atomic E-state index is 11.5. The third kappa shape index (κ3) is 4.56. The molecule has 0 aliphatic carbocycles. The number of rotatable bonds is 2. The molecule has 0 atom stereocenters. The quantitative estimate of drug-likeness (QED) is 0.889. The number of pyridine rings is 1. The molecule has 0 aliphatic rings. The van der Waals surface area contributed by atoms with Crippen LogP contribution in [-0.2, 0) is 4.79 Å². The van der Waals surface area contributed by atoms with E-state index in [9.17, 15) is 14.4 Å². The number of hydrogen-bond acceptors (Lipinski definition) is 3. The molecule has 0 spiro atoms. The van der Waals surface area contributed by atoms with Gasteiger partial charge in [-0.1, -0.05) is 19.9 Å². The van der Waals surface area contributed by atoms with Crippen molar-refractivity contribution >= 4 is 22.7 Å². The van der Waals surface area contributed by atoms with Crippen LogP contribution in [0.5, 0.6) is 0 Å². The van der Waals surface area contributed by atoms with Gasteiger partial charge in [0.2, 0.25) is 0 Å². The molecule has 0 fully saturated rings. The van der Waals surface area contributed by atoms with Gasteiger partial charge in [-0.2, -0.15) is 0 Å². The normalized spacial score (nSPS) is 10.1. The third-order valence-electron chi connectivity index (χ3n) is 2.77. The Kier molecular flexibility index (Phi) is 5.41. The van der Waals surface area contributed by atoms with Crippen molar-refractivity contribution in [3.63, 3.8) is 0 Å². The standard InChI is InChI=1S/C13H13NO3.C3H6O/c1-7(2)8-3-4-11-9(5-8)6-10(13(16)17)12(15)14-11;1-3(2)4/h3-7H,1-2H3,(H,14,15)(H,16,17);1-2H3. The predicted molar refractivity (Wildman–Crippen MR) is 82.0 cm³/mol. The Morgan fingerprint density at radius 2 is 1.71 bits per heavy atom. The predicted octanol–water partition coefficient (Wildman–Crippen LogP) is 2.95. The molecule has 5 nitrogen and oxygen atoms in total. The van der Waals surface area contributed by atoms with E-state index < -0.39 is 11.5 Å². The highest BCUT2D eigenvalue weighted by atomic mass is 16.4. The number of carbonyl (C=O) groups is 2. The first-order chi connectivity index (χ1) is 9.72. The number of aromatic nitrogens is 1. The zero-order valence-electron chi connectivity index (χ0n) is 12.6. The lowest BCUT2D eigenvalue weighted by molar-refractivity contribution is -0.115. The average molecular weight is 289 g/mol. The van der Waals surface area contributed by atoms with Crippen molar-refractivity contribution in [3.8, 4) is 0 Å². The van der Waals surface area contributed by atoms with Crippen LogP contribution in [0.15, 0.2) is 29.1 Å². The van der Waals surface area contributed by atoms with Gasteiger partial charge in [0.15, 0.2) is 0 Å². The minimum absolute atomic E-state index is 0.167. The summed E-state index contributed by atoms with van der Waals surface area (Å²) in [6.07, 6.45) is 0. The largest absolute Gasteiger partial charge is 0.477 e. The third-order valence-corrected chi connectivity index (χ3v) is 2.77. The lowest BCUT2D eigenvalue weighted by Crippen LogP contribution is -2.16. The van der Waals surface area contributed by atoms with Crippen molar-refractivity contribution in [2.24, 2.45) is 0 Å². The van der Waals surface area contributed by atoms with Gasteiger partial charge >= 0.3 is 5.97 Å². The number of carboxylic acid groups (broad SMARTS) is 1. The Morgan fingerprint density at radius 3 is 2.19 bits per heavy atom. The Balaban J connectivity index is 0.000000491. The highest BCUT2D eigenvalue weighted by molar-refractivity contribution is 5.92. The van der Waals surface area contributed by atoms with Gasteiger partial charge in [0.1, 0.15) is 11.3 Å². The number of benzene rings is 1. The number of H-pyrrole nitrogens is 1. The number of Topliss-reactive ketones (excluding diaryl/α,β-unsaturated/α-hetero) is 1. The van der Waals surface area contributed by atoms with E-state index in [-0.39, 0.29) is 11.3 Å². The van der Waals surface area contributed by atoms with Crippen LogP contribution >= 0.6 is 0 Å². The van der Waals surface area contributed by atoms with Crippen molar-refractivity contribution in [3.05, 3.63) is 45.7 Å². The molecule has 1 aromatic heterocycles. The number of ketones is 1. The van der Waals surface area contributed by atoms with Crippen LogP contribution in [0, 0.1) is 0 Å². The molecule has 21 heavy (non-hydrogen) atoms. The Labute approximate surface area is 122 Å². The van der Waals surface area contributed by atoms with Crippen LogP contribution in [0.3, 0.4) is 0 Å². The van der Waals surface area contributed by atoms with Crippen molar-refractivity contribution < 1.29 is 14.7 Å². The lowest BCUT2D eigenvalue weighted by atomic mass is 10.0. The van der Waals surface area contributed by atoms with E-state index in [0.29, 0.717) is 11.4 Å². The molecule has 0 saturated heterocycles. The number of hydrogen-bond donors (Lipinski definition) is 2. The molecule has 0 aliphatic heterocycles. The number of fused-ring (bicyclic) bond motifs is 1. The summed E-state index contributed by atoms with van der Waals surface area (Å²) < 4.78 is 0. The first-order valence-corrected chi connectivity index (χ1v) is 6.59. The molecule has 0 saturated carbocycles. The van der Waals surface area contributed by atoms with Gasteiger partial charge in [-0.05, 0) is 48.9 Å². The van der Waals surface area contributed by atoms with Gasteiger partial charge in [0, 0.05) is 5.52 Å². The summed E-state index contributed by atoms with van der Waals surface area (Å²) in [6.45, 7) is 7.18. The van der Waals surface area contributed by atoms with Crippen LogP contribution in [0.2, 0.25) is 0 Å². The fourth-order valence-corrected chi connectivity index (χ4v) is 1.74. The molecule has 2 N–H and O–H groups in total. The molecule has 0 bridgehead atoms. The zero-order chi connectivity index (χ0) is 16.2. The van der Waals surface area contributed by atoms with Crippen LogP contribution in [-0.4, -0.2) is 21.8 Å². The van der Waals surface area contributed by atoms with E-state index in [1.807, 2.05) is 12.1 Å². The molecule has 0 radical (unpaired) electrons. The summed E-state index contributed by atoms with van der Waals surface area (Å²) in [4.78, 5) is 34.3. The second-order valence-corrected chi connectivity index (χ2v) is 5.23. The van der Waals surface area contributed by atoms with Crippen LogP contribution in [0.25, 0.3) is 10.9 Å². The molecule has 2 aromatic rings. The first-order valence-electron chi connectivity index (χ1n) is 6.59. The number of aromatic carboxylic acids is 1. The van der Waals surface area contributed by atoms with E-state index >= 15 is 0 Å². The van der Waals surface area contributed by atoms with Crippen molar-refractivity contribution in [2.75, 3.05) is 0 Å². The second kappa shape index (κ2) is 6.83. The average Bonchev–Trinajstić information content (AvgIpc) is 2.36. The fourth-order valence-electron chi connectivity index (χ4n) is 1.74. The molecule has 0 unspecified atom stereocenters. The van der Waals surface area contributed by atoms with E-state index in [0.717, 1.165) is 10.9 Å². The summed E-state index contributed by atoms with van der Waals surface area (Å²) in [7, 11) is 0. The van der Waals surface area contributed by atoms with Gasteiger partial charge in [-0.3, -0.25) is 4.79 Å². The molecule has 0 amide bonds. The first kappa shape index (κ1) is 16.6. The highest BCUT2D eigenvalue weighted by Crippen LogP contribution is 2.19. The van der Waals surface area contributed by atoms with Crippen LogP contribution in [0.1, 0.15) is 49.5 Å². The van der Waals surface area contributed by atoms with Crippen LogP contribution < -0.4 is 5.56 Å². The summed E-state index contributed by atoms with van der Waals surface area (Å²) >= 11 is 0. The SMILES string of the molecule is CC(C)=O.CC(C)c1ccc2[nH]c(=O)c(C(=O)O)cc2c1. The summed E-state index contributed by atoms with van der Waals surface area (Å²) in [6, 6.07) is 7.06. The number of carbonyl (C=O) groups excluding carboxylic acids is 1. The summed E-state index contributed by atoms with van der Waals surface area (Å²) in [5.41, 5.74) is 0.978. The van der Waals surface area contributed by atoms with Crippen LogP contribution in [0.4, 0.5) is 0 Å². The van der Waals surface area contributed by atoms with Gasteiger partial charge in [-0.25, -0.2) is 4.79 Å². The van der Waals surface area contributed by atoms with E-state index in [4.69, 9.17) is 5.11 Å². The second-order valence-electron chi connectivity index (χ2n) is 5.23. The fraction of sp³-hybridized carbons (Fsp3) is 0.312. The smallest absolute Gasteiger partial charge is 0.341 e. The van der Waals surface area contributed by atoms with Gasteiger partial charge < -0.3 is 14.9 Å². The number of carboxylic acids is 1. The molecule has 1 aromatic carbocycles. The van der Waals surface area contributed by atoms with Crippen molar-refractivity contribution in [1.29, 1.82) is 0 Å². The molecule has 1 heterocycles. The van der Waals surface area contributed by atoms with E-state index in [1.165, 1.54) is 19.9 Å². The van der Waals surface area contributed by atoms with E-state index in [1.54, 1.807) is 6.07 Å². The maximum Gasteiger partial charge on any atom is 0.341 e. The zero-order valence-corrected chi connectivity index (χ0v) is 12.6. The number of nitrogens with one attached hydrogen (secondary N) is 1. The lowest BCUT2D eigenvalue weighted by Gasteiger charge is -2.07. The molecule has 2 rings (SSSR count). The summed E-state index contributed by atoms with van der Waals surface area (Å²) in [5.74, 6) is -0.678. The maximum atomic E-state index is 11.5. The minimum Gasteiger partial charge on any atom is -0.477 e. The van der Waals surface area contributed by atoms with E-state index in [2.05, 4.69) is 18.8 Å². The Bertz CT molecular complexity index is 725. The highest BCUT2D eigenvalue weighted by Gasteiger charge is 2.10. The topological polar surface area (TPSA) is 87.2 Å². The van der Waals surface area contributed by atoms with Crippen molar-refractivity contribution in [2.45, 2.75) is 33.6 Å². The van der Waals surface area contributed by atoms with Crippen molar-refractivity contribution in [1.82, 2.24) is 4.98 Å². The minimum atomic E-state index is -1.21. The Morgan fingerprint density at radius 1 is 1.14 bits per heavy atom. The molecular weight excluding hydrogens is 270 g/mol. The van der Waals surface area contributed by atoms with Gasteiger partial charge in [0.25, 0.3) is 5.56 Å².